The highest BCUT2D eigenvalue weighted by molar-refractivity contribution is 6.30. The van der Waals surface area contributed by atoms with Gasteiger partial charge in [0.25, 0.3) is 0 Å². The van der Waals surface area contributed by atoms with Gasteiger partial charge < -0.3 is 9.26 Å². The lowest BCUT2D eigenvalue weighted by Gasteiger charge is -2.41. The number of aromatic nitrogens is 1. The van der Waals surface area contributed by atoms with E-state index < -0.39 is 5.41 Å². The second-order valence-electron chi connectivity index (χ2n) is 6.61. The number of halogens is 1. The van der Waals surface area contributed by atoms with Crippen molar-refractivity contribution in [1.29, 1.82) is 0 Å². The quantitative estimate of drug-likeness (QED) is 0.733. The third kappa shape index (κ3) is 4.41. The minimum Gasteiger partial charge on any atom is -0.466 e. The zero-order chi connectivity index (χ0) is 17.7. The molecule has 0 aliphatic carbocycles. The molecular formula is C19H23ClN2O3. The van der Waals surface area contributed by atoms with Crippen LogP contribution in [0.2, 0.25) is 5.02 Å². The minimum atomic E-state index is -0.553. The second-order valence-corrected chi connectivity index (χ2v) is 7.05. The Hall–Kier alpha value is -1.85. The van der Waals surface area contributed by atoms with E-state index in [-0.39, 0.29) is 5.97 Å². The molecule has 1 aliphatic rings. The Morgan fingerprint density at radius 3 is 3.04 bits per heavy atom. The number of benzene rings is 1. The molecular weight excluding hydrogens is 340 g/mol. The van der Waals surface area contributed by atoms with E-state index in [4.69, 9.17) is 20.9 Å². The highest BCUT2D eigenvalue weighted by Crippen LogP contribution is 2.36. The maximum atomic E-state index is 12.8. The van der Waals surface area contributed by atoms with Crippen molar-refractivity contribution in [1.82, 2.24) is 10.1 Å². The van der Waals surface area contributed by atoms with Crippen LogP contribution in [0.5, 0.6) is 0 Å². The molecule has 5 nitrogen and oxygen atoms in total. The van der Waals surface area contributed by atoms with E-state index in [1.54, 1.807) is 6.26 Å². The summed E-state index contributed by atoms with van der Waals surface area (Å²) in [5.41, 5.74) is 1.38. The Labute approximate surface area is 152 Å². The lowest BCUT2D eigenvalue weighted by atomic mass is 9.75. The molecule has 2 aromatic rings. The predicted octanol–water partition coefficient (Wildman–Crippen LogP) is 3.72. The van der Waals surface area contributed by atoms with Gasteiger partial charge in [-0.15, -0.1) is 0 Å². The van der Waals surface area contributed by atoms with Crippen LogP contribution in [0, 0.1) is 5.41 Å². The third-order valence-corrected chi connectivity index (χ3v) is 4.91. The summed E-state index contributed by atoms with van der Waals surface area (Å²) >= 11 is 6.13. The fraction of sp³-hybridized carbons (Fsp3) is 0.474. The Morgan fingerprint density at radius 2 is 2.32 bits per heavy atom. The topological polar surface area (TPSA) is 55.6 Å². The molecule has 1 saturated heterocycles. The van der Waals surface area contributed by atoms with E-state index in [2.05, 4.69) is 10.1 Å². The number of nitrogens with zero attached hydrogens (tertiary/aromatic N) is 2. The maximum Gasteiger partial charge on any atom is 0.313 e. The average Bonchev–Trinajstić information content (AvgIpc) is 3.08. The van der Waals surface area contributed by atoms with Gasteiger partial charge in [0.05, 0.1) is 17.7 Å². The maximum absolute atomic E-state index is 12.8. The van der Waals surface area contributed by atoms with Crippen LogP contribution in [0.1, 0.15) is 31.0 Å². The van der Waals surface area contributed by atoms with E-state index in [1.165, 1.54) is 0 Å². The van der Waals surface area contributed by atoms with E-state index in [9.17, 15) is 4.79 Å². The summed E-state index contributed by atoms with van der Waals surface area (Å²) in [6.45, 7) is 4.49. The molecule has 2 heterocycles. The third-order valence-electron chi connectivity index (χ3n) is 4.67. The van der Waals surface area contributed by atoms with Crippen LogP contribution in [-0.4, -0.2) is 35.7 Å². The van der Waals surface area contributed by atoms with Gasteiger partial charge in [0.2, 0.25) is 0 Å². The van der Waals surface area contributed by atoms with Crippen molar-refractivity contribution >= 4 is 17.6 Å². The second kappa shape index (κ2) is 8.02. The van der Waals surface area contributed by atoms with Gasteiger partial charge in [-0.2, -0.15) is 0 Å². The van der Waals surface area contributed by atoms with Crippen LogP contribution in [0.3, 0.4) is 0 Å². The normalized spacial score (nSPS) is 21.2. The summed E-state index contributed by atoms with van der Waals surface area (Å²) in [4.78, 5) is 15.1. The monoisotopic (exact) mass is 362 g/mol. The Morgan fingerprint density at radius 1 is 1.44 bits per heavy atom. The average molecular weight is 363 g/mol. The number of hydrogen-bond donors (Lipinski definition) is 0. The van der Waals surface area contributed by atoms with E-state index in [1.807, 2.05) is 37.3 Å². The van der Waals surface area contributed by atoms with E-state index >= 15 is 0 Å². The van der Waals surface area contributed by atoms with E-state index in [0.717, 1.165) is 30.6 Å². The van der Waals surface area contributed by atoms with Gasteiger partial charge in [0.1, 0.15) is 6.26 Å². The molecule has 1 atom stereocenters. The van der Waals surface area contributed by atoms with Gasteiger partial charge in [0, 0.05) is 24.2 Å². The molecule has 0 saturated carbocycles. The summed E-state index contributed by atoms with van der Waals surface area (Å²) in [5, 5.41) is 4.67. The Balaban J connectivity index is 1.81. The molecule has 25 heavy (non-hydrogen) atoms. The van der Waals surface area contributed by atoms with Crippen LogP contribution < -0.4 is 0 Å². The van der Waals surface area contributed by atoms with E-state index in [0.29, 0.717) is 31.1 Å². The highest BCUT2D eigenvalue weighted by Gasteiger charge is 2.43. The fourth-order valence-electron chi connectivity index (χ4n) is 3.62. The summed E-state index contributed by atoms with van der Waals surface area (Å²) in [7, 11) is 0. The molecule has 0 unspecified atom stereocenters. The zero-order valence-corrected chi connectivity index (χ0v) is 15.2. The first-order valence-electron chi connectivity index (χ1n) is 8.64. The van der Waals surface area contributed by atoms with Gasteiger partial charge >= 0.3 is 5.97 Å². The summed E-state index contributed by atoms with van der Waals surface area (Å²) in [6.07, 6.45) is 3.95. The van der Waals surface area contributed by atoms with Crippen molar-refractivity contribution in [3.63, 3.8) is 0 Å². The Kier molecular flexibility index (Phi) is 5.76. The standard InChI is InChI=1S/C19H23ClN2O3/c1-2-24-18(23)19(12-15-5-3-6-16(20)11-15)8-4-9-22(14-19)13-17-7-10-25-21-17/h3,5-7,10-11H,2,4,8-9,12-14H2,1H3/t19-/m0/s1. The van der Waals surface area contributed by atoms with Crippen LogP contribution in [0.15, 0.2) is 41.1 Å². The molecule has 0 bridgehead atoms. The van der Waals surface area contributed by atoms with Crippen molar-refractivity contribution in [2.45, 2.75) is 32.7 Å². The van der Waals surface area contributed by atoms with Crippen LogP contribution in [-0.2, 0) is 22.5 Å². The molecule has 6 heteroatoms. The number of rotatable bonds is 6. The molecule has 0 spiro atoms. The number of hydrogen-bond acceptors (Lipinski definition) is 5. The number of carbonyl (C=O) groups is 1. The van der Waals surface area contributed by atoms with Gasteiger partial charge in [-0.3, -0.25) is 9.69 Å². The van der Waals surface area contributed by atoms with Crippen molar-refractivity contribution in [3.05, 3.63) is 52.9 Å². The van der Waals surface area contributed by atoms with Crippen LogP contribution in [0.4, 0.5) is 0 Å². The summed E-state index contributed by atoms with van der Waals surface area (Å²) in [6, 6.07) is 9.58. The number of carbonyl (C=O) groups excluding carboxylic acids is 1. The number of piperidine rings is 1. The zero-order valence-electron chi connectivity index (χ0n) is 14.4. The van der Waals surface area contributed by atoms with Gasteiger partial charge in [0.15, 0.2) is 0 Å². The smallest absolute Gasteiger partial charge is 0.313 e. The van der Waals surface area contributed by atoms with Crippen LogP contribution in [0.25, 0.3) is 0 Å². The van der Waals surface area contributed by atoms with Crippen LogP contribution >= 0.6 is 11.6 Å². The van der Waals surface area contributed by atoms with Crippen molar-refractivity contribution < 1.29 is 14.1 Å². The molecule has 0 amide bonds. The molecule has 1 aromatic carbocycles. The molecule has 1 aliphatic heterocycles. The predicted molar refractivity (Wildman–Crippen MR) is 95.2 cm³/mol. The summed E-state index contributed by atoms with van der Waals surface area (Å²) < 4.78 is 10.4. The molecule has 0 radical (unpaired) electrons. The number of ether oxygens (including phenoxy) is 1. The van der Waals surface area contributed by atoms with Gasteiger partial charge in [-0.25, -0.2) is 0 Å². The largest absolute Gasteiger partial charge is 0.466 e. The molecule has 1 fully saturated rings. The first kappa shape index (κ1) is 18.0. The molecule has 134 valence electrons. The lowest BCUT2D eigenvalue weighted by Crippen LogP contribution is -2.49. The van der Waals surface area contributed by atoms with Gasteiger partial charge in [-0.1, -0.05) is 28.9 Å². The highest BCUT2D eigenvalue weighted by atomic mass is 35.5. The molecule has 3 rings (SSSR count). The van der Waals surface area contributed by atoms with Gasteiger partial charge in [-0.05, 0) is 50.4 Å². The minimum absolute atomic E-state index is 0.125. The Bertz CT molecular complexity index is 704. The SMILES string of the molecule is CCOC(=O)[C@]1(Cc2cccc(Cl)c2)CCCN(Cc2ccon2)C1. The fourth-order valence-corrected chi connectivity index (χ4v) is 3.83. The van der Waals surface area contributed by atoms with Crippen molar-refractivity contribution in [2.24, 2.45) is 5.41 Å². The van der Waals surface area contributed by atoms with Crippen molar-refractivity contribution in [3.8, 4) is 0 Å². The van der Waals surface area contributed by atoms with Crippen molar-refractivity contribution in [2.75, 3.05) is 19.7 Å². The number of esters is 1. The first-order chi connectivity index (χ1) is 12.1. The molecule has 1 aromatic heterocycles. The summed E-state index contributed by atoms with van der Waals surface area (Å²) in [5.74, 6) is -0.125. The molecule has 0 N–H and O–H groups in total. The number of likely N-dealkylation sites (tertiary alicyclic amines) is 1. The lowest BCUT2D eigenvalue weighted by molar-refractivity contribution is -0.159. The first-order valence-corrected chi connectivity index (χ1v) is 9.02.